The largest absolute Gasteiger partial charge is 0.382 e. The highest BCUT2D eigenvalue weighted by Gasteiger charge is 2.16. The molecule has 0 aliphatic heterocycles. The van der Waals surface area contributed by atoms with Crippen molar-refractivity contribution < 1.29 is 17.4 Å². The van der Waals surface area contributed by atoms with Crippen molar-refractivity contribution in [2.75, 3.05) is 23.7 Å². The Kier molecular flexibility index (Phi) is 6.68. The van der Waals surface area contributed by atoms with E-state index in [9.17, 15) is 13.2 Å². The first-order valence-electron chi connectivity index (χ1n) is 7.23. The summed E-state index contributed by atoms with van der Waals surface area (Å²) in [5.74, 6) is 0.0580. The van der Waals surface area contributed by atoms with Gasteiger partial charge in [0, 0.05) is 24.8 Å². The zero-order valence-corrected chi connectivity index (χ0v) is 13.6. The van der Waals surface area contributed by atoms with Gasteiger partial charge in [-0.25, -0.2) is 0 Å². The molecule has 0 bridgehead atoms. The van der Waals surface area contributed by atoms with Gasteiger partial charge in [0.1, 0.15) is 0 Å². The smallest absolute Gasteiger partial charge is 0.309 e. The number of carbonyl (C=O) groups is 1. The zero-order valence-electron chi connectivity index (χ0n) is 12.8. The molecule has 0 heterocycles. The lowest BCUT2D eigenvalue weighted by Gasteiger charge is -2.22. The molecular formula is C15H23NO4S. The fourth-order valence-electron chi connectivity index (χ4n) is 1.98. The summed E-state index contributed by atoms with van der Waals surface area (Å²) in [6, 6.07) is 4.99. The topological polar surface area (TPSA) is 63.7 Å². The predicted molar refractivity (Wildman–Crippen MR) is 84.7 cm³/mol. The van der Waals surface area contributed by atoms with E-state index >= 15 is 0 Å². The molecule has 0 aromatic heterocycles. The van der Waals surface area contributed by atoms with Gasteiger partial charge in [0.15, 0.2) is 12.0 Å². The lowest BCUT2D eigenvalue weighted by Crippen LogP contribution is -2.22. The molecule has 0 N–H and O–H groups in total. The molecular weight excluding hydrogens is 290 g/mol. The van der Waals surface area contributed by atoms with Crippen LogP contribution in [0.4, 0.5) is 5.69 Å². The SMILES string of the molecule is CCCCS(=O)(=O)Oc1cc(N(CC)CC)ccc1C=O. The van der Waals surface area contributed by atoms with Crippen LogP contribution in [0, 0.1) is 0 Å². The zero-order chi connectivity index (χ0) is 15.9. The molecule has 0 saturated carbocycles. The van der Waals surface area contributed by atoms with Gasteiger partial charge in [-0.15, -0.1) is 0 Å². The van der Waals surface area contributed by atoms with Crippen LogP contribution >= 0.6 is 0 Å². The van der Waals surface area contributed by atoms with Crippen LogP contribution in [0.2, 0.25) is 0 Å². The molecule has 0 fully saturated rings. The van der Waals surface area contributed by atoms with Gasteiger partial charge in [-0.2, -0.15) is 8.42 Å². The van der Waals surface area contributed by atoms with Gasteiger partial charge in [-0.1, -0.05) is 13.3 Å². The first-order valence-corrected chi connectivity index (χ1v) is 8.81. The van der Waals surface area contributed by atoms with Crippen molar-refractivity contribution in [3.63, 3.8) is 0 Å². The maximum atomic E-state index is 11.9. The van der Waals surface area contributed by atoms with Crippen molar-refractivity contribution in [1.82, 2.24) is 0 Å². The van der Waals surface area contributed by atoms with E-state index in [2.05, 4.69) is 4.90 Å². The number of nitrogens with zero attached hydrogens (tertiary/aromatic N) is 1. The summed E-state index contributed by atoms with van der Waals surface area (Å²) in [7, 11) is -3.66. The lowest BCUT2D eigenvalue weighted by atomic mass is 10.2. The van der Waals surface area contributed by atoms with E-state index in [0.717, 1.165) is 25.2 Å². The molecule has 21 heavy (non-hydrogen) atoms. The van der Waals surface area contributed by atoms with E-state index in [1.54, 1.807) is 18.2 Å². The number of hydrogen-bond donors (Lipinski definition) is 0. The average Bonchev–Trinajstić information content (AvgIpc) is 2.46. The van der Waals surface area contributed by atoms with E-state index < -0.39 is 10.1 Å². The summed E-state index contributed by atoms with van der Waals surface area (Å²) in [4.78, 5) is 13.1. The fourth-order valence-corrected chi connectivity index (χ4v) is 3.12. The number of anilines is 1. The Morgan fingerprint density at radius 1 is 1.19 bits per heavy atom. The van der Waals surface area contributed by atoms with Crippen LogP contribution in [0.5, 0.6) is 5.75 Å². The van der Waals surface area contributed by atoms with Crippen LogP contribution in [0.1, 0.15) is 44.0 Å². The van der Waals surface area contributed by atoms with Gasteiger partial charge >= 0.3 is 10.1 Å². The van der Waals surface area contributed by atoms with Crippen LogP contribution in [0.15, 0.2) is 18.2 Å². The summed E-state index contributed by atoms with van der Waals surface area (Å²) in [6.45, 7) is 7.51. The number of carbonyl (C=O) groups excluding carboxylic acids is 1. The standard InChI is InChI=1S/C15H23NO4S/c1-4-7-10-21(18,19)20-15-11-14(16(5-2)6-3)9-8-13(15)12-17/h8-9,11-12H,4-7,10H2,1-3H3. The van der Waals surface area contributed by atoms with Crippen LogP contribution in [-0.2, 0) is 10.1 Å². The molecule has 5 nitrogen and oxygen atoms in total. The maximum Gasteiger partial charge on any atom is 0.309 e. The molecule has 0 spiro atoms. The first kappa shape index (κ1) is 17.5. The molecule has 0 aliphatic rings. The fraction of sp³-hybridized carbons (Fsp3) is 0.533. The third kappa shape index (κ3) is 5.04. The highest BCUT2D eigenvalue weighted by atomic mass is 32.2. The third-order valence-corrected chi connectivity index (χ3v) is 4.44. The molecule has 118 valence electrons. The summed E-state index contributed by atoms with van der Waals surface area (Å²) in [6.07, 6.45) is 1.91. The summed E-state index contributed by atoms with van der Waals surface area (Å²) in [5.41, 5.74) is 1.08. The van der Waals surface area contributed by atoms with E-state index in [-0.39, 0.29) is 17.1 Å². The van der Waals surface area contributed by atoms with Gasteiger partial charge in [0.05, 0.1) is 11.3 Å². The second-order valence-corrected chi connectivity index (χ2v) is 6.40. The van der Waals surface area contributed by atoms with Crippen LogP contribution < -0.4 is 9.08 Å². The summed E-state index contributed by atoms with van der Waals surface area (Å²) < 4.78 is 28.9. The number of unbranched alkanes of at least 4 members (excludes halogenated alkanes) is 1. The molecule has 0 atom stereocenters. The molecule has 0 saturated heterocycles. The van der Waals surface area contributed by atoms with Gasteiger partial charge in [0.2, 0.25) is 0 Å². The van der Waals surface area contributed by atoms with Crippen molar-refractivity contribution >= 4 is 22.1 Å². The number of benzene rings is 1. The minimum absolute atomic E-state index is 0.0444. The molecule has 6 heteroatoms. The number of hydrogen-bond acceptors (Lipinski definition) is 5. The molecule has 1 aromatic carbocycles. The maximum absolute atomic E-state index is 11.9. The van der Waals surface area contributed by atoms with Crippen LogP contribution in [0.3, 0.4) is 0 Å². The molecule has 1 aromatic rings. The highest BCUT2D eigenvalue weighted by molar-refractivity contribution is 7.87. The van der Waals surface area contributed by atoms with Crippen molar-refractivity contribution in [1.29, 1.82) is 0 Å². The van der Waals surface area contributed by atoms with Gasteiger partial charge in [0.25, 0.3) is 0 Å². The van der Waals surface area contributed by atoms with Gasteiger partial charge < -0.3 is 9.08 Å². The molecule has 1 rings (SSSR count). The van der Waals surface area contributed by atoms with Crippen molar-refractivity contribution in [3.8, 4) is 5.75 Å². The Balaban J connectivity index is 3.08. The Morgan fingerprint density at radius 2 is 1.86 bits per heavy atom. The molecule has 0 amide bonds. The van der Waals surface area contributed by atoms with E-state index in [1.807, 2.05) is 20.8 Å². The summed E-state index contributed by atoms with van der Waals surface area (Å²) in [5, 5.41) is 0. The minimum atomic E-state index is -3.66. The van der Waals surface area contributed by atoms with Crippen LogP contribution in [0.25, 0.3) is 0 Å². The van der Waals surface area contributed by atoms with Crippen molar-refractivity contribution in [2.45, 2.75) is 33.6 Å². The van der Waals surface area contributed by atoms with E-state index in [4.69, 9.17) is 4.18 Å². The van der Waals surface area contributed by atoms with Crippen molar-refractivity contribution in [3.05, 3.63) is 23.8 Å². The van der Waals surface area contributed by atoms with Crippen LogP contribution in [-0.4, -0.2) is 33.5 Å². The quantitative estimate of drug-likeness (QED) is 0.518. The second kappa shape index (κ2) is 8.02. The average molecular weight is 313 g/mol. The Morgan fingerprint density at radius 3 is 2.38 bits per heavy atom. The molecule has 0 aliphatic carbocycles. The highest BCUT2D eigenvalue weighted by Crippen LogP contribution is 2.26. The third-order valence-electron chi connectivity index (χ3n) is 3.22. The van der Waals surface area contributed by atoms with E-state index in [0.29, 0.717) is 12.7 Å². The van der Waals surface area contributed by atoms with Gasteiger partial charge in [-0.3, -0.25) is 4.79 Å². The molecule has 0 radical (unpaired) electrons. The number of aldehydes is 1. The number of rotatable bonds is 9. The lowest BCUT2D eigenvalue weighted by molar-refractivity contribution is 0.112. The molecule has 0 unspecified atom stereocenters. The Labute approximate surface area is 127 Å². The van der Waals surface area contributed by atoms with Crippen molar-refractivity contribution in [2.24, 2.45) is 0 Å². The summed E-state index contributed by atoms with van der Waals surface area (Å²) >= 11 is 0. The monoisotopic (exact) mass is 313 g/mol. The normalized spacial score (nSPS) is 11.2. The second-order valence-electron chi connectivity index (χ2n) is 4.71. The Hall–Kier alpha value is -1.56. The van der Waals surface area contributed by atoms with E-state index in [1.165, 1.54) is 0 Å². The minimum Gasteiger partial charge on any atom is -0.382 e. The van der Waals surface area contributed by atoms with Gasteiger partial charge in [-0.05, 0) is 32.4 Å². The Bertz CT molecular complexity index is 565. The predicted octanol–water partition coefficient (Wildman–Crippen LogP) is 2.85. The first-order chi connectivity index (χ1) is 9.97.